The Labute approximate surface area is 102 Å². The van der Waals surface area contributed by atoms with Crippen molar-refractivity contribution in [1.29, 1.82) is 0 Å². The molecule has 88 valence electrons. The van der Waals surface area contributed by atoms with Gasteiger partial charge in [-0.3, -0.25) is 10.1 Å². The van der Waals surface area contributed by atoms with Gasteiger partial charge in [0.2, 0.25) is 0 Å². The van der Waals surface area contributed by atoms with Crippen molar-refractivity contribution in [2.45, 2.75) is 6.17 Å². The van der Waals surface area contributed by atoms with Crippen LogP contribution >= 0.6 is 12.2 Å². The number of benzene rings is 1. The molecule has 0 aromatic heterocycles. The highest BCUT2D eigenvalue weighted by atomic mass is 32.1. The predicted octanol–water partition coefficient (Wildman–Crippen LogP) is 0.386. The molecule has 1 heterocycles. The number of thiocarbonyl (C=S) groups is 1. The molecule has 0 amide bonds. The van der Waals surface area contributed by atoms with Crippen molar-refractivity contribution in [2.75, 3.05) is 0 Å². The first-order chi connectivity index (χ1) is 8.08. The van der Waals surface area contributed by atoms with Crippen LogP contribution in [0.25, 0.3) is 0 Å². The topological polar surface area (TPSA) is 106 Å². The van der Waals surface area contributed by atoms with Crippen molar-refractivity contribution in [2.24, 2.45) is 10.7 Å². The lowest BCUT2D eigenvalue weighted by molar-refractivity contribution is -0.385. The average Bonchev–Trinajstić information content (AvgIpc) is 2.27. The molecule has 0 saturated heterocycles. The maximum absolute atomic E-state index is 10.9. The molecule has 1 aromatic carbocycles. The van der Waals surface area contributed by atoms with Crippen molar-refractivity contribution in [3.05, 3.63) is 39.9 Å². The van der Waals surface area contributed by atoms with Gasteiger partial charge in [-0.1, -0.05) is 12.1 Å². The van der Waals surface area contributed by atoms with Crippen molar-refractivity contribution in [1.82, 2.24) is 10.6 Å². The molecular formula is C9H9N5O2S. The number of hydrogen-bond donors (Lipinski definition) is 3. The summed E-state index contributed by atoms with van der Waals surface area (Å²) in [6.07, 6.45) is -0.634. The fourth-order valence-electron chi connectivity index (χ4n) is 1.51. The Balaban J connectivity index is 2.43. The second kappa shape index (κ2) is 4.34. The Morgan fingerprint density at radius 1 is 1.47 bits per heavy atom. The van der Waals surface area contributed by atoms with E-state index in [4.69, 9.17) is 18.0 Å². The Hall–Kier alpha value is -2.22. The number of nitro benzene ring substituents is 1. The number of nitrogens with zero attached hydrogens (tertiary/aromatic N) is 2. The van der Waals surface area contributed by atoms with E-state index >= 15 is 0 Å². The summed E-state index contributed by atoms with van der Waals surface area (Å²) in [6, 6.07) is 6.31. The monoisotopic (exact) mass is 251 g/mol. The van der Waals surface area contributed by atoms with Gasteiger partial charge in [0.25, 0.3) is 5.69 Å². The van der Waals surface area contributed by atoms with Crippen LogP contribution in [0.1, 0.15) is 11.7 Å². The zero-order valence-electron chi connectivity index (χ0n) is 8.58. The van der Waals surface area contributed by atoms with Gasteiger partial charge in [0.15, 0.2) is 17.2 Å². The summed E-state index contributed by atoms with van der Waals surface area (Å²) in [5.74, 6) is 0.136. The lowest BCUT2D eigenvalue weighted by atomic mass is 10.1. The predicted molar refractivity (Wildman–Crippen MR) is 66.3 cm³/mol. The molecule has 1 aliphatic heterocycles. The van der Waals surface area contributed by atoms with Gasteiger partial charge in [-0.25, -0.2) is 4.99 Å². The zero-order valence-corrected chi connectivity index (χ0v) is 9.40. The zero-order chi connectivity index (χ0) is 12.4. The summed E-state index contributed by atoms with van der Waals surface area (Å²) in [7, 11) is 0. The first-order valence-corrected chi connectivity index (χ1v) is 5.13. The molecule has 8 heteroatoms. The second-order valence-electron chi connectivity index (χ2n) is 3.33. The van der Waals surface area contributed by atoms with Crippen LogP contribution in [0.2, 0.25) is 0 Å². The number of rotatable bonds is 2. The summed E-state index contributed by atoms with van der Waals surface area (Å²) in [5.41, 5.74) is 5.92. The van der Waals surface area contributed by atoms with E-state index in [-0.39, 0.29) is 11.6 Å². The summed E-state index contributed by atoms with van der Waals surface area (Å²) in [5, 5.41) is 16.6. The first-order valence-electron chi connectivity index (χ1n) is 4.72. The molecule has 0 radical (unpaired) electrons. The van der Waals surface area contributed by atoms with E-state index in [1.165, 1.54) is 6.07 Å². The third kappa shape index (κ3) is 2.31. The minimum absolute atomic E-state index is 0.0220. The molecule has 17 heavy (non-hydrogen) atoms. The van der Waals surface area contributed by atoms with Crippen molar-refractivity contribution in [3.63, 3.8) is 0 Å². The average molecular weight is 251 g/mol. The van der Waals surface area contributed by atoms with Crippen LogP contribution < -0.4 is 16.4 Å². The molecule has 0 unspecified atom stereocenters. The summed E-state index contributed by atoms with van der Waals surface area (Å²) >= 11 is 4.92. The molecule has 1 aliphatic rings. The molecular weight excluding hydrogens is 242 g/mol. The third-order valence-corrected chi connectivity index (χ3v) is 2.43. The van der Waals surface area contributed by atoms with E-state index in [0.29, 0.717) is 10.7 Å². The van der Waals surface area contributed by atoms with Gasteiger partial charge >= 0.3 is 0 Å². The van der Waals surface area contributed by atoms with Gasteiger partial charge in [0.05, 0.1) is 10.5 Å². The highest BCUT2D eigenvalue weighted by Crippen LogP contribution is 2.26. The highest BCUT2D eigenvalue weighted by molar-refractivity contribution is 7.80. The van der Waals surface area contributed by atoms with Crippen LogP contribution in [0.3, 0.4) is 0 Å². The van der Waals surface area contributed by atoms with Crippen LogP contribution in [0.5, 0.6) is 0 Å². The van der Waals surface area contributed by atoms with Crippen molar-refractivity contribution in [3.8, 4) is 0 Å². The molecule has 0 bridgehead atoms. The van der Waals surface area contributed by atoms with Crippen LogP contribution in [-0.4, -0.2) is 16.0 Å². The molecule has 2 rings (SSSR count). The maximum atomic E-state index is 10.9. The van der Waals surface area contributed by atoms with Crippen LogP contribution in [0.4, 0.5) is 5.69 Å². The number of hydrogen-bond acceptors (Lipinski definition) is 5. The number of nitrogens with two attached hydrogens (primary N) is 1. The lowest BCUT2D eigenvalue weighted by Crippen LogP contribution is -2.49. The molecule has 4 N–H and O–H groups in total. The van der Waals surface area contributed by atoms with Crippen molar-refractivity contribution >= 4 is 29.0 Å². The minimum atomic E-state index is -0.634. The Bertz CT molecular complexity index is 516. The Morgan fingerprint density at radius 3 is 2.82 bits per heavy atom. The largest absolute Gasteiger partial charge is 0.370 e. The second-order valence-corrected chi connectivity index (χ2v) is 3.74. The SMILES string of the molecule is NC1=N[C@@H](c2ccccc2[N+](=O)[O-])NC(=S)N1. The molecule has 1 aromatic rings. The van der Waals surface area contributed by atoms with Gasteiger partial charge in [-0.05, 0) is 18.3 Å². The number of para-hydroxylation sites is 1. The molecule has 0 spiro atoms. The van der Waals surface area contributed by atoms with E-state index in [9.17, 15) is 10.1 Å². The van der Waals surface area contributed by atoms with E-state index in [1.54, 1.807) is 18.2 Å². The Kier molecular flexibility index (Phi) is 2.88. The standard InChI is InChI=1S/C9H9N5O2S/c10-8-11-7(12-9(17)13-8)5-3-1-2-4-6(5)14(15)16/h1-4,7H,(H4,10,11,12,13,17)/t7-/m1/s1. The van der Waals surface area contributed by atoms with Gasteiger partial charge in [-0.15, -0.1) is 0 Å². The molecule has 1 atom stereocenters. The van der Waals surface area contributed by atoms with Gasteiger partial charge in [0, 0.05) is 6.07 Å². The van der Waals surface area contributed by atoms with E-state index < -0.39 is 11.1 Å². The van der Waals surface area contributed by atoms with E-state index in [0.717, 1.165) is 0 Å². The van der Waals surface area contributed by atoms with Gasteiger partial charge < -0.3 is 16.4 Å². The number of guanidine groups is 1. The smallest absolute Gasteiger partial charge is 0.276 e. The van der Waals surface area contributed by atoms with E-state index in [2.05, 4.69) is 15.6 Å². The molecule has 0 fully saturated rings. The lowest BCUT2D eigenvalue weighted by Gasteiger charge is -2.22. The fourth-order valence-corrected chi connectivity index (χ4v) is 1.73. The number of nitro groups is 1. The fraction of sp³-hybridized carbons (Fsp3) is 0.111. The van der Waals surface area contributed by atoms with Crippen LogP contribution in [0, 0.1) is 10.1 Å². The van der Waals surface area contributed by atoms with E-state index in [1.807, 2.05) is 0 Å². The first kappa shape index (κ1) is 11.3. The normalized spacial score (nSPS) is 18.9. The number of nitrogens with one attached hydrogen (secondary N) is 2. The summed E-state index contributed by atoms with van der Waals surface area (Å²) in [4.78, 5) is 14.4. The van der Waals surface area contributed by atoms with Crippen LogP contribution in [-0.2, 0) is 0 Å². The molecule has 7 nitrogen and oxygen atoms in total. The van der Waals surface area contributed by atoms with Crippen LogP contribution in [0.15, 0.2) is 29.3 Å². The molecule has 0 saturated carbocycles. The Morgan fingerprint density at radius 2 is 2.18 bits per heavy atom. The highest BCUT2D eigenvalue weighted by Gasteiger charge is 2.24. The van der Waals surface area contributed by atoms with Gasteiger partial charge in [0.1, 0.15) is 0 Å². The maximum Gasteiger partial charge on any atom is 0.276 e. The van der Waals surface area contributed by atoms with Crippen molar-refractivity contribution < 1.29 is 4.92 Å². The quantitative estimate of drug-likeness (QED) is 0.399. The summed E-state index contributed by atoms with van der Waals surface area (Å²) < 4.78 is 0. The third-order valence-electron chi connectivity index (χ3n) is 2.21. The molecule has 0 aliphatic carbocycles. The minimum Gasteiger partial charge on any atom is -0.370 e. The number of aliphatic imine (C=N–C) groups is 1. The van der Waals surface area contributed by atoms with Gasteiger partial charge in [-0.2, -0.15) is 0 Å². The summed E-state index contributed by atoms with van der Waals surface area (Å²) in [6.45, 7) is 0.